The number of ketones is 1. The first-order chi connectivity index (χ1) is 9.08. The first-order valence-corrected chi connectivity index (χ1v) is 5.97. The van der Waals surface area contributed by atoms with Gasteiger partial charge in [0.15, 0.2) is 5.78 Å². The molecule has 19 heavy (non-hydrogen) atoms. The minimum atomic E-state index is -1.23. The van der Waals surface area contributed by atoms with E-state index in [2.05, 4.69) is 4.98 Å². The van der Waals surface area contributed by atoms with Gasteiger partial charge in [-0.25, -0.2) is 15.6 Å². The molecular formula is C13H13N3O3. The molecule has 0 fully saturated rings. The molecule has 0 aliphatic heterocycles. The molecule has 0 saturated carbocycles. The number of aromatic nitrogens is 1. The lowest BCUT2D eigenvalue weighted by Crippen LogP contribution is -2.46. The summed E-state index contributed by atoms with van der Waals surface area (Å²) in [5, 5.41) is 10.6. The lowest BCUT2D eigenvalue weighted by molar-refractivity contribution is 0.0905. The van der Waals surface area contributed by atoms with Crippen molar-refractivity contribution >= 4 is 22.8 Å². The van der Waals surface area contributed by atoms with E-state index in [1.165, 1.54) is 0 Å². The van der Waals surface area contributed by atoms with Crippen LogP contribution in [0.15, 0.2) is 24.4 Å². The van der Waals surface area contributed by atoms with Crippen molar-refractivity contribution in [3.63, 3.8) is 0 Å². The number of H-pyrrole nitrogens is 1. The second-order valence-corrected chi connectivity index (χ2v) is 4.72. The highest BCUT2D eigenvalue weighted by Crippen LogP contribution is 2.29. The van der Waals surface area contributed by atoms with Crippen LogP contribution in [-0.4, -0.2) is 33.0 Å². The van der Waals surface area contributed by atoms with E-state index < -0.39 is 12.1 Å². The number of rotatable bonds is 1. The number of Topliss-reactive ketones (excluding diaryl/α,β-unsaturated/α-hetero) is 1. The summed E-state index contributed by atoms with van der Waals surface area (Å²) in [6.07, 6.45) is 1.13. The number of carbonyl (C=O) groups excluding carboxylic acids is 1. The molecule has 1 aliphatic carbocycles. The van der Waals surface area contributed by atoms with E-state index >= 15 is 0 Å². The van der Waals surface area contributed by atoms with Gasteiger partial charge in [-0.3, -0.25) is 4.79 Å². The van der Waals surface area contributed by atoms with Crippen LogP contribution in [0.5, 0.6) is 0 Å². The van der Waals surface area contributed by atoms with Gasteiger partial charge in [0.1, 0.15) is 0 Å². The third-order valence-electron chi connectivity index (χ3n) is 3.58. The molecule has 0 radical (unpaired) electrons. The first kappa shape index (κ1) is 11.7. The Morgan fingerprint density at radius 2 is 2.21 bits per heavy atom. The van der Waals surface area contributed by atoms with Crippen LogP contribution in [0.3, 0.4) is 0 Å². The lowest BCUT2D eigenvalue weighted by Gasteiger charge is -2.22. The molecule has 0 bridgehead atoms. The maximum absolute atomic E-state index is 12.2. The largest absolute Gasteiger partial charge is 0.464 e. The number of aromatic amines is 1. The lowest BCUT2D eigenvalue weighted by atomic mass is 10.0. The van der Waals surface area contributed by atoms with Crippen LogP contribution >= 0.6 is 0 Å². The van der Waals surface area contributed by atoms with Crippen molar-refractivity contribution < 1.29 is 14.7 Å². The van der Waals surface area contributed by atoms with E-state index in [1.54, 1.807) is 6.07 Å². The number of carboxylic acid groups (broad SMARTS) is 1. The number of nitrogens with zero attached hydrogens (tertiary/aromatic N) is 1. The van der Waals surface area contributed by atoms with Gasteiger partial charge in [-0.1, -0.05) is 12.1 Å². The fourth-order valence-electron chi connectivity index (χ4n) is 2.65. The second kappa shape index (κ2) is 4.10. The molecule has 1 aliphatic rings. The highest BCUT2D eigenvalue weighted by Gasteiger charge is 2.29. The molecular weight excluding hydrogens is 246 g/mol. The Morgan fingerprint density at radius 1 is 1.42 bits per heavy atom. The number of hydrogen-bond donors (Lipinski definition) is 3. The summed E-state index contributed by atoms with van der Waals surface area (Å²) < 4.78 is 0. The second-order valence-electron chi connectivity index (χ2n) is 4.72. The maximum atomic E-state index is 12.2. The predicted octanol–water partition coefficient (Wildman–Crippen LogP) is 1.52. The number of carbonyl (C=O) groups is 2. The average Bonchev–Trinajstić information content (AvgIpc) is 2.73. The van der Waals surface area contributed by atoms with Gasteiger partial charge in [0, 0.05) is 29.1 Å². The van der Waals surface area contributed by atoms with Crippen LogP contribution in [-0.2, 0) is 6.42 Å². The maximum Gasteiger partial charge on any atom is 0.421 e. The van der Waals surface area contributed by atoms with Crippen molar-refractivity contribution in [2.24, 2.45) is 5.84 Å². The van der Waals surface area contributed by atoms with Crippen molar-refractivity contribution in [3.05, 3.63) is 35.5 Å². The molecule has 1 aromatic carbocycles. The predicted molar refractivity (Wildman–Crippen MR) is 68.8 cm³/mol. The quantitative estimate of drug-likeness (QED) is 0.410. The van der Waals surface area contributed by atoms with Gasteiger partial charge >= 0.3 is 6.09 Å². The molecule has 1 heterocycles. The Labute approximate surface area is 108 Å². The van der Waals surface area contributed by atoms with Gasteiger partial charge in [-0.15, -0.1) is 0 Å². The zero-order chi connectivity index (χ0) is 13.6. The van der Waals surface area contributed by atoms with Crippen LogP contribution in [0.25, 0.3) is 10.9 Å². The summed E-state index contributed by atoms with van der Waals surface area (Å²) >= 11 is 0. The van der Waals surface area contributed by atoms with Gasteiger partial charge in [0.05, 0.1) is 6.04 Å². The van der Waals surface area contributed by atoms with Crippen LogP contribution in [0.2, 0.25) is 0 Å². The van der Waals surface area contributed by atoms with E-state index in [0.717, 1.165) is 21.5 Å². The first-order valence-electron chi connectivity index (χ1n) is 5.97. The van der Waals surface area contributed by atoms with Crippen molar-refractivity contribution in [2.75, 3.05) is 0 Å². The number of nitrogens with one attached hydrogen (secondary N) is 1. The van der Waals surface area contributed by atoms with Crippen LogP contribution < -0.4 is 5.84 Å². The normalized spacial score (nSPS) is 18.4. The van der Waals surface area contributed by atoms with Crippen molar-refractivity contribution in [1.82, 2.24) is 9.99 Å². The summed E-state index contributed by atoms with van der Waals surface area (Å²) in [5.41, 5.74) is 2.45. The average molecular weight is 259 g/mol. The minimum absolute atomic E-state index is 0.0781. The molecule has 4 N–H and O–H groups in total. The molecule has 6 nitrogen and oxygen atoms in total. The minimum Gasteiger partial charge on any atom is -0.464 e. The van der Waals surface area contributed by atoms with E-state index in [4.69, 9.17) is 10.9 Å². The molecule has 98 valence electrons. The molecule has 6 heteroatoms. The van der Waals surface area contributed by atoms with Gasteiger partial charge in [0.2, 0.25) is 0 Å². The Bertz CT molecular complexity index is 677. The summed E-state index contributed by atoms with van der Waals surface area (Å²) in [7, 11) is 0. The van der Waals surface area contributed by atoms with E-state index in [-0.39, 0.29) is 12.2 Å². The van der Waals surface area contributed by atoms with Crippen LogP contribution in [0.4, 0.5) is 4.79 Å². The zero-order valence-electron chi connectivity index (χ0n) is 10.1. The number of benzene rings is 1. The topological polar surface area (TPSA) is 99.4 Å². The molecule has 2 aromatic rings. The number of hydrazine groups is 1. The zero-order valence-corrected chi connectivity index (χ0v) is 10.1. The van der Waals surface area contributed by atoms with E-state index in [0.29, 0.717) is 12.0 Å². The van der Waals surface area contributed by atoms with Crippen molar-refractivity contribution in [3.8, 4) is 0 Å². The van der Waals surface area contributed by atoms with Gasteiger partial charge in [-0.2, -0.15) is 0 Å². The number of amides is 1. The van der Waals surface area contributed by atoms with Crippen LogP contribution in [0, 0.1) is 0 Å². The van der Waals surface area contributed by atoms with Crippen molar-refractivity contribution in [2.45, 2.75) is 18.9 Å². The molecule has 1 amide bonds. The summed E-state index contributed by atoms with van der Waals surface area (Å²) in [4.78, 5) is 26.3. The summed E-state index contributed by atoms with van der Waals surface area (Å²) in [5.74, 6) is 5.45. The molecule has 3 rings (SSSR count). The standard InChI is InChI=1S/C13H13N3O3/c14-16(13(18)19)8-4-7-6-15-10-3-1-2-9(12(7)10)11(17)5-8/h1-3,6,8,15H,4-5,14H2,(H,18,19). The number of nitrogens with two attached hydrogens (primary N) is 1. The fraction of sp³-hybridized carbons (Fsp3) is 0.231. The highest BCUT2D eigenvalue weighted by molar-refractivity contribution is 6.09. The Hall–Kier alpha value is -2.34. The van der Waals surface area contributed by atoms with E-state index in [1.807, 2.05) is 18.3 Å². The molecule has 0 saturated heterocycles. The van der Waals surface area contributed by atoms with Gasteiger partial charge in [-0.05, 0) is 18.1 Å². The Morgan fingerprint density at radius 3 is 2.95 bits per heavy atom. The summed E-state index contributed by atoms with van der Waals surface area (Å²) in [6.45, 7) is 0. The van der Waals surface area contributed by atoms with E-state index in [9.17, 15) is 9.59 Å². The van der Waals surface area contributed by atoms with Gasteiger partial charge in [0.25, 0.3) is 0 Å². The summed E-state index contributed by atoms with van der Waals surface area (Å²) in [6, 6.07) is 4.95. The van der Waals surface area contributed by atoms with Crippen molar-refractivity contribution in [1.29, 1.82) is 0 Å². The fourth-order valence-corrected chi connectivity index (χ4v) is 2.65. The Balaban J connectivity index is 2.11. The Kier molecular flexibility index (Phi) is 2.53. The third-order valence-corrected chi connectivity index (χ3v) is 3.58. The smallest absolute Gasteiger partial charge is 0.421 e. The monoisotopic (exact) mass is 259 g/mol. The molecule has 1 aromatic heterocycles. The van der Waals surface area contributed by atoms with Gasteiger partial charge < -0.3 is 10.1 Å². The molecule has 0 spiro atoms. The third kappa shape index (κ3) is 1.77. The molecule has 1 atom stereocenters. The number of hydrogen-bond acceptors (Lipinski definition) is 3. The molecule has 1 unspecified atom stereocenters. The SMILES string of the molecule is NN(C(=O)O)C1CC(=O)c2cccc3[nH]cc(c23)C1. The van der Waals surface area contributed by atoms with Crippen LogP contribution in [0.1, 0.15) is 22.3 Å². The highest BCUT2D eigenvalue weighted by atomic mass is 16.4.